The van der Waals surface area contributed by atoms with Crippen LogP contribution in [0.5, 0.6) is 5.75 Å². The van der Waals surface area contributed by atoms with Crippen molar-refractivity contribution in [1.82, 2.24) is 9.88 Å². The van der Waals surface area contributed by atoms with Gasteiger partial charge in [0.05, 0.1) is 6.54 Å². The van der Waals surface area contributed by atoms with E-state index >= 15 is 0 Å². The molecule has 1 N–H and O–H groups in total. The third kappa shape index (κ3) is 3.93. The summed E-state index contributed by atoms with van der Waals surface area (Å²) in [5.74, 6) is -0.251. The number of nitrogens with one attached hydrogen (secondary N) is 1. The summed E-state index contributed by atoms with van der Waals surface area (Å²) >= 11 is 0. The summed E-state index contributed by atoms with van der Waals surface area (Å²) < 4.78 is 20.7. The lowest BCUT2D eigenvalue weighted by molar-refractivity contribution is -0.121. The number of amides is 1. The fourth-order valence-electron chi connectivity index (χ4n) is 2.56. The number of hydrogen-bond acceptors (Lipinski definition) is 2. The number of fused-ring (bicyclic) bond motifs is 1. The fourth-order valence-corrected chi connectivity index (χ4v) is 2.56. The zero-order chi connectivity index (χ0) is 16.8. The highest BCUT2D eigenvalue weighted by molar-refractivity contribution is 5.80. The number of carbonyl (C=O) groups is 1. The molecule has 3 aromatic rings. The minimum atomic E-state index is -0.400. The molecule has 1 heterocycles. The van der Waals surface area contributed by atoms with Gasteiger partial charge in [-0.15, -0.1) is 0 Å². The number of para-hydroxylation sites is 2. The third-order valence-electron chi connectivity index (χ3n) is 3.78. The van der Waals surface area contributed by atoms with Crippen molar-refractivity contribution in [2.24, 2.45) is 0 Å². The molecule has 3 rings (SSSR count). The van der Waals surface area contributed by atoms with Crippen molar-refractivity contribution < 1.29 is 13.9 Å². The second kappa shape index (κ2) is 7.64. The second-order valence-corrected chi connectivity index (χ2v) is 5.45. The number of hydrogen-bond donors (Lipinski definition) is 1. The molecule has 0 unspecified atom stereocenters. The number of benzene rings is 2. The summed E-state index contributed by atoms with van der Waals surface area (Å²) in [6.07, 6.45) is 2.37. The molecule has 0 bridgehead atoms. The van der Waals surface area contributed by atoms with Crippen LogP contribution in [0.3, 0.4) is 0 Å². The Balaban J connectivity index is 1.41. The minimum Gasteiger partial charge on any atom is -0.489 e. The number of halogens is 1. The Labute approximate surface area is 139 Å². The van der Waals surface area contributed by atoms with Crippen LogP contribution in [0.15, 0.2) is 60.8 Å². The molecule has 0 radical (unpaired) electrons. The van der Waals surface area contributed by atoms with E-state index in [0.29, 0.717) is 19.5 Å². The van der Waals surface area contributed by atoms with E-state index in [9.17, 15) is 9.18 Å². The minimum absolute atomic E-state index is 0.0510. The Morgan fingerprint density at radius 1 is 1.08 bits per heavy atom. The van der Waals surface area contributed by atoms with Crippen molar-refractivity contribution in [3.05, 3.63) is 66.6 Å². The molecule has 0 saturated carbocycles. The van der Waals surface area contributed by atoms with Crippen LogP contribution < -0.4 is 10.1 Å². The van der Waals surface area contributed by atoms with Gasteiger partial charge in [0.15, 0.2) is 11.6 Å². The molecule has 0 spiro atoms. The zero-order valence-electron chi connectivity index (χ0n) is 13.2. The SMILES string of the molecule is O=C(CCn1ccc2ccccc21)NCCOc1ccccc1F. The number of nitrogens with zero attached hydrogens (tertiary/aromatic N) is 1. The van der Waals surface area contributed by atoms with Gasteiger partial charge in [0.1, 0.15) is 6.61 Å². The van der Waals surface area contributed by atoms with Crippen LogP contribution in [0.2, 0.25) is 0 Å². The summed E-state index contributed by atoms with van der Waals surface area (Å²) in [5, 5.41) is 3.95. The Morgan fingerprint density at radius 3 is 2.75 bits per heavy atom. The number of rotatable bonds is 7. The van der Waals surface area contributed by atoms with E-state index in [0.717, 1.165) is 10.9 Å². The molecule has 5 heteroatoms. The molecule has 1 amide bonds. The normalized spacial score (nSPS) is 10.7. The van der Waals surface area contributed by atoms with Gasteiger partial charge >= 0.3 is 0 Å². The molecule has 0 aliphatic rings. The van der Waals surface area contributed by atoms with E-state index < -0.39 is 5.82 Å². The summed E-state index contributed by atoms with van der Waals surface area (Å²) in [4.78, 5) is 11.9. The summed E-state index contributed by atoms with van der Waals surface area (Å²) in [5.41, 5.74) is 1.12. The molecular formula is C19H19FN2O2. The van der Waals surface area contributed by atoms with E-state index in [4.69, 9.17) is 4.74 Å². The molecule has 0 saturated heterocycles. The number of aryl methyl sites for hydroxylation is 1. The monoisotopic (exact) mass is 326 g/mol. The average molecular weight is 326 g/mol. The van der Waals surface area contributed by atoms with E-state index in [2.05, 4.69) is 9.88 Å². The smallest absolute Gasteiger partial charge is 0.221 e. The topological polar surface area (TPSA) is 43.3 Å². The van der Waals surface area contributed by atoms with E-state index in [-0.39, 0.29) is 18.3 Å². The number of ether oxygens (including phenoxy) is 1. The van der Waals surface area contributed by atoms with Gasteiger partial charge in [-0.05, 0) is 29.7 Å². The van der Waals surface area contributed by atoms with Crippen molar-refractivity contribution in [3.63, 3.8) is 0 Å². The molecule has 2 aromatic carbocycles. The van der Waals surface area contributed by atoms with Gasteiger partial charge in [-0.1, -0.05) is 30.3 Å². The van der Waals surface area contributed by atoms with E-state index in [1.54, 1.807) is 18.2 Å². The maximum Gasteiger partial charge on any atom is 0.221 e. The molecule has 124 valence electrons. The molecule has 0 atom stereocenters. The van der Waals surface area contributed by atoms with Crippen LogP contribution in [0, 0.1) is 5.82 Å². The van der Waals surface area contributed by atoms with Crippen molar-refractivity contribution in [2.75, 3.05) is 13.2 Å². The summed E-state index contributed by atoms with van der Waals surface area (Å²) in [7, 11) is 0. The molecule has 0 aliphatic carbocycles. The Bertz CT molecular complexity index is 829. The van der Waals surface area contributed by atoms with Crippen molar-refractivity contribution in [1.29, 1.82) is 0 Å². The van der Waals surface area contributed by atoms with Crippen molar-refractivity contribution in [2.45, 2.75) is 13.0 Å². The predicted octanol–water partition coefficient (Wildman–Crippen LogP) is 3.37. The van der Waals surface area contributed by atoms with Gasteiger partial charge in [-0.3, -0.25) is 4.79 Å². The van der Waals surface area contributed by atoms with Gasteiger partial charge < -0.3 is 14.6 Å². The first kappa shape index (κ1) is 16.1. The Kier molecular flexibility index (Phi) is 5.11. The van der Waals surface area contributed by atoms with Gasteiger partial charge in [-0.2, -0.15) is 0 Å². The lowest BCUT2D eigenvalue weighted by Gasteiger charge is -2.09. The maximum absolute atomic E-state index is 13.4. The lowest BCUT2D eigenvalue weighted by atomic mass is 10.2. The van der Waals surface area contributed by atoms with Crippen LogP contribution >= 0.6 is 0 Å². The number of carbonyl (C=O) groups excluding carboxylic acids is 1. The summed E-state index contributed by atoms with van der Waals surface area (Å²) in [6, 6.07) is 16.3. The van der Waals surface area contributed by atoms with Gasteiger partial charge in [0.25, 0.3) is 0 Å². The van der Waals surface area contributed by atoms with Gasteiger partial charge in [0, 0.05) is 24.7 Å². The quantitative estimate of drug-likeness (QED) is 0.677. The molecule has 0 aliphatic heterocycles. The molecule has 24 heavy (non-hydrogen) atoms. The van der Waals surface area contributed by atoms with E-state index in [1.807, 2.05) is 36.5 Å². The first-order valence-corrected chi connectivity index (χ1v) is 7.92. The zero-order valence-corrected chi connectivity index (χ0v) is 13.2. The molecule has 0 fully saturated rings. The number of aromatic nitrogens is 1. The van der Waals surface area contributed by atoms with Crippen molar-refractivity contribution in [3.8, 4) is 5.75 Å². The highest BCUT2D eigenvalue weighted by Gasteiger charge is 2.05. The molecular weight excluding hydrogens is 307 g/mol. The maximum atomic E-state index is 13.4. The fraction of sp³-hybridized carbons (Fsp3) is 0.211. The average Bonchev–Trinajstić information content (AvgIpc) is 3.01. The largest absolute Gasteiger partial charge is 0.489 e. The highest BCUT2D eigenvalue weighted by atomic mass is 19.1. The molecule has 4 nitrogen and oxygen atoms in total. The third-order valence-corrected chi connectivity index (χ3v) is 3.78. The van der Waals surface area contributed by atoms with Crippen LogP contribution in [-0.4, -0.2) is 23.6 Å². The first-order chi connectivity index (χ1) is 11.7. The van der Waals surface area contributed by atoms with Crippen LogP contribution in [0.25, 0.3) is 10.9 Å². The highest BCUT2D eigenvalue weighted by Crippen LogP contribution is 2.16. The van der Waals surface area contributed by atoms with Crippen LogP contribution in [0.1, 0.15) is 6.42 Å². The lowest BCUT2D eigenvalue weighted by Crippen LogP contribution is -2.28. The van der Waals surface area contributed by atoms with Crippen LogP contribution in [0.4, 0.5) is 4.39 Å². The molecule has 1 aromatic heterocycles. The van der Waals surface area contributed by atoms with Gasteiger partial charge in [0.2, 0.25) is 5.91 Å². The standard InChI is InChI=1S/C19H19FN2O2/c20-16-6-2-4-8-18(16)24-14-11-21-19(23)10-13-22-12-9-15-5-1-3-7-17(15)22/h1-9,12H,10-11,13-14H2,(H,21,23). The van der Waals surface area contributed by atoms with Crippen LogP contribution in [-0.2, 0) is 11.3 Å². The van der Waals surface area contributed by atoms with E-state index in [1.165, 1.54) is 6.07 Å². The van der Waals surface area contributed by atoms with Crippen molar-refractivity contribution >= 4 is 16.8 Å². The van der Waals surface area contributed by atoms with Gasteiger partial charge in [-0.25, -0.2) is 4.39 Å². The first-order valence-electron chi connectivity index (χ1n) is 7.92. The Morgan fingerprint density at radius 2 is 1.88 bits per heavy atom. The summed E-state index contributed by atoms with van der Waals surface area (Å²) in [6.45, 7) is 1.20. The Hall–Kier alpha value is -2.82. The second-order valence-electron chi connectivity index (χ2n) is 5.45. The predicted molar refractivity (Wildman–Crippen MR) is 91.5 cm³/mol.